The quantitative estimate of drug-likeness (QED) is 0.264. The van der Waals surface area contributed by atoms with Gasteiger partial charge < -0.3 is 14.7 Å². The van der Waals surface area contributed by atoms with Gasteiger partial charge in [0.25, 0.3) is 0 Å². The van der Waals surface area contributed by atoms with Crippen molar-refractivity contribution in [3.63, 3.8) is 0 Å². The predicted molar refractivity (Wildman–Crippen MR) is 127 cm³/mol. The fraction of sp³-hybridized carbons (Fsp3) is 0.308. The van der Waals surface area contributed by atoms with Crippen LogP contribution in [0.3, 0.4) is 0 Å². The predicted octanol–water partition coefficient (Wildman–Crippen LogP) is 8.28. The average molecular weight is 568 g/mol. The molecule has 0 amide bonds. The van der Waals surface area contributed by atoms with E-state index in [1.54, 1.807) is 18.2 Å². The van der Waals surface area contributed by atoms with Gasteiger partial charge in [-0.1, -0.05) is 48.9 Å². The summed E-state index contributed by atoms with van der Waals surface area (Å²) in [6, 6.07) is 13.9. The van der Waals surface area contributed by atoms with E-state index >= 15 is 0 Å². The third kappa shape index (κ3) is 6.87. The molecule has 0 aliphatic rings. The Morgan fingerprint density at radius 2 is 1.58 bits per heavy atom. The van der Waals surface area contributed by atoms with E-state index in [1.807, 2.05) is 6.92 Å². The number of halogens is 9. The molecule has 0 radical (unpaired) electrons. The minimum Gasteiger partial charge on any atom is -0.455 e. The lowest BCUT2D eigenvalue weighted by molar-refractivity contribution is -0.289. The van der Waals surface area contributed by atoms with Crippen molar-refractivity contribution < 1.29 is 45.0 Å². The maximum atomic E-state index is 13.9. The summed E-state index contributed by atoms with van der Waals surface area (Å²) < 4.78 is 112. The Labute approximate surface area is 218 Å². The first kappa shape index (κ1) is 29.5. The summed E-state index contributed by atoms with van der Waals surface area (Å²) >= 11 is 6.12. The van der Waals surface area contributed by atoms with E-state index in [9.17, 15) is 40.2 Å². The largest absolute Gasteiger partial charge is 0.458 e. The van der Waals surface area contributed by atoms with Crippen LogP contribution in [0.1, 0.15) is 23.6 Å². The van der Waals surface area contributed by atoms with Crippen LogP contribution in [0.2, 0.25) is 5.02 Å². The normalized spacial score (nSPS) is 13.3. The van der Waals surface area contributed by atoms with Crippen LogP contribution in [-0.4, -0.2) is 30.1 Å². The molecular formula is C26H22ClF8NO2. The van der Waals surface area contributed by atoms with Crippen LogP contribution < -0.4 is 9.64 Å². The van der Waals surface area contributed by atoms with Crippen molar-refractivity contribution in [2.24, 2.45) is 0 Å². The smallest absolute Gasteiger partial charge is 0.455 e. The first-order chi connectivity index (χ1) is 17.6. The molecule has 38 heavy (non-hydrogen) atoms. The minimum atomic E-state index is -5.87. The van der Waals surface area contributed by atoms with E-state index in [4.69, 9.17) is 16.3 Å². The van der Waals surface area contributed by atoms with Crippen LogP contribution in [0.25, 0.3) is 0 Å². The number of rotatable bonds is 9. The molecule has 0 aliphatic carbocycles. The van der Waals surface area contributed by atoms with Crippen molar-refractivity contribution in [2.75, 3.05) is 11.4 Å². The third-order valence-electron chi connectivity index (χ3n) is 5.62. The van der Waals surface area contributed by atoms with Gasteiger partial charge in [-0.3, -0.25) is 0 Å². The lowest BCUT2D eigenvalue weighted by Gasteiger charge is -2.30. The monoisotopic (exact) mass is 567 g/mol. The molecule has 0 unspecified atom stereocenters. The van der Waals surface area contributed by atoms with Crippen LogP contribution >= 0.6 is 11.6 Å². The number of nitrogens with zero attached hydrogens (tertiary/aromatic N) is 1. The molecule has 3 aromatic rings. The molecule has 0 bridgehead atoms. The molecular weight excluding hydrogens is 546 g/mol. The standard InChI is InChI=1S/C26H22ClF8NO2/c1-2-17-13-19(10-11-20(17)27)38-22-9-4-3-8-21(22)36(15-23(37)25(30,31)32)14-16-6-5-7-18(12-16)24(28,29)26(33,34)35/h3-13,23,37H,2,14-15H2,1H3/t23-/m1/s1. The van der Waals surface area contributed by atoms with Crippen molar-refractivity contribution >= 4 is 17.3 Å². The van der Waals surface area contributed by atoms with Gasteiger partial charge >= 0.3 is 18.3 Å². The molecule has 0 saturated carbocycles. The maximum Gasteiger partial charge on any atom is 0.458 e. The minimum absolute atomic E-state index is 0.0387. The fourth-order valence-electron chi connectivity index (χ4n) is 3.63. The summed E-state index contributed by atoms with van der Waals surface area (Å²) in [7, 11) is 0. The number of benzene rings is 3. The SMILES string of the molecule is CCc1cc(Oc2ccccc2N(Cc2cccc(C(F)(F)C(F)(F)F)c2)C[C@@H](O)C(F)(F)F)ccc1Cl. The van der Waals surface area contributed by atoms with Gasteiger partial charge in [0.05, 0.1) is 12.2 Å². The molecule has 0 heterocycles. The van der Waals surface area contributed by atoms with Crippen LogP contribution in [0, 0.1) is 0 Å². The number of hydrogen-bond donors (Lipinski definition) is 1. The van der Waals surface area contributed by atoms with E-state index in [1.165, 1.54) is 30.3 Å². The Balaban J connectivity index is 2.02. The van der Waals surface area contributed by atoms with Gasteiger partial charge in [-0.25, -0.2) is 0 Å². The lowest BCUT2D eigenvalue weighted by atomic mass is 10.0. The zero-order chi connectivity index (χ0) is 28.3. The third-order valence-corrected chi connectivity index (χ3v) is 5.99. The Morgan fingerprint density at radius 1 is 0.895 bits per heavy atom. The van der Waals surface area contributed by atoms with E-state index in [0.717, 1.165) is 16.5 Å². The highest BCUT2D eigenvalue weighted by Crippen LogP contribution is 2.44. The molecule has 0 fully saturated rings. The van der Waals surface area contributed by atoms with Gasteiger partial charge in [0.2, 0.25) is 0 Å². The molecule has 1 atom stereocenters. The number of aryl methyl sites for hydroxylation is 1. The Bertz CT molecular complexity index is 1250. The van der Waals surface area contributed by atoms with Crippen molar-refractivity contribution in [3.05, 3.63) is 88.4 Å². The Hall–Kier alpha value is -3.05. The number of hydrogen-bond acceptors (Lipinski definition) is 3. The summed E-state index contributed by atoms with van der Waals surface area (Å²) in [5.41, 5.74) is -0.725. The summed E-state index contributed by atoms with van der Waals surface area (Å²) in [6.07, 6.45) is -13.2. The summed E-state index contributed by atoms with van der Waals surface area (Å²) in [4.78, 5) is 0.995. The summed E-state index contributed by atoms with van der Waals surface area (Å²) in [6.45, 7) is 0.260. The van der Waals surface area contributed by atoms with Gasteiger partial charge in [-0.15, -0.1) is 0 Å². The molecule has 3 aromatic carbocycles. The van der Waals surface area contributed by atoms with Crippen LogP contribution in [0.4, 0.5) is 40.8 Å². The lowest BCUT2D eigenvalue weighted by Crippen LogP contribution is -2.41. The molecule has 0 saturated heterocycles. The second kappa shape index (κ2) is 11.4. The number of aliphatic hydroxyl groups excluding tert-OH is 1. The highest BCUT2D eigenvalue weighted by atomic mass is 35.5. The van der Waals surface area contributed by atoms with Gasteiger partial charge in [0.1, 0.15) is 5.75 Å². The summed E-state index contributed by atoms with van der Waals surface area (Å²) in [5.74, 6) is -4.81. The molecule has 0 aliphatic heterocycles. The zero-order valence-electron chi connectivity index (χ0n) is 19.8. The van der Waals surface area contributed by atoms with Crippen molar-refractivity contribution in [1.82, 2.24) is 0 Å². The average Bonchev–Trinajstić information content (AvgIpc) is 2.84. The van der Waals surface area contributed by atoms with E-state index in [-0.39, 0.29) is 17.0 Å². The van der Waals surface area contributed by atoms with Crippen molar-refractivity contribution in [3.8, 4) is 11.5 Å². The second-order valence-electron chi connectivity index (χ2n) is 8.39. The fourth-order valence-corrected chi connectivity index (χ4v) is 3.88. The summed E-state index contributed by atoms with van der Waals surface area (Å²) in [5, 5.41) is 10.3. The maximum absolute atomic E-state index is 13.9. The number of alkyl halides is 8. The van der Waals surface area contributed by atoms with Gasteiger partial charge in [-0.05, 0) is 53.9 Å². The zero-order valence-corrected chi connectivity index (χ0v) is 20.5. The topological polar surface area (TPSA) is 32.7 Å². The van der Waals surface area contributed by atoms with E-state index < -0.39 is 43.0 Å². The molecule has 3 nitrogen and oxygen atoms in total. The van der Waals surface area contributed by atoms with Gasteiger partial charge in [0.15, 0.2) is 11.9 Å². The van der Waals surface area contributed by atoms with Crippen LogP contribution in [0.15, 0.2) is 66.7 Å². The molecule has 206 valence electrons. The van der Waals surface area contributed by atoms with Gasteiger partial charge in [0, 0.05) is 17.1 Å². The first-order valence-electron chi connectivity index (χ1n) is 11.2. The number of para-hydroxylation sites is 2. The highest BCUT2D eigenvalue weighted by molar-refractivity contribution is 6.31. The molecule has 0 aromatic heterocycles. The molecule has 0 spiro atoms. The highest BCUT2D eigenvalue weighted by Gasteiger charge is 2.58. The van der Waals surface area contributed by atoms with Crippen LogP contribution in [-0.2, 0) is 18.9 Å². The van der Waals surface area contributed by atoms with Gasteiger partial charge in [-0.2, -0.15) is 35.1 Å². The number of ether oxygens (including phenoxy) is 1. The van der Waals surface area contributed by atoms with Crippen molar-refractivity contribution in [1.29, 1.82) is 0 Å². The first-order valence-corrected chi connectivity index (χ1v) is 11.6. The van der Waals surface area contributed by atoms with Crippen LogP contribution in [0.5, 0.6) is 11.5 Å². The van der Waals surface area contributed by atoms with E-state index in [2.05, 4.69) is 0 Å². The van der Waals surface area contributed by atoms with E-state index in [0.29, 0.717) is 29.3 Å². The second-order valence-corrected chi connectivity index (χ2v) is 8.79. The molecule has 1 N–H and O–H groups in total. The Morgan fingerprint density at radius 3 is 2.21 bits per heavy atom. The molecule has 3 rings (SSSR count). The number of aliphatic hydroxyl groups is 1. The Kier molecular flexibility index (Phi) is 8.82. The molecule has 12 heteroatoms. The van der Waals surface area contributed by atoms with Crippen molar-refractivity contribution in [2.45, 2.75) is 44.3 Å². The number of anilines is 1.